The summed E-state index contributed by atoms with van der Waals surface area (Å²) in [5.41, 5.74) is 0. The molecule has 0 spiro atoms. The topological polar surface area (TPSA) is 12.0 Å². The van der Waals surface area contributed by atoms with Crippen molar-refractivity contribution in [1.82, 2.24) is 5.32 Å². The van der Waals surface area contributed by atoms with E-state index < -0.39 is 24.4 Å². The van der Waals surface area contributed by atoms with Gasteiger partial charge in [-0.2, -0.15) is 26.3 Å². The molecule has 7 heteroatoms. The molecule has 0 amide bonds. The molecule has 0 atom stereocenters. The summed E-state index contributed by atoms with van der Waals surface area (Å²) in [7, 11) is 0. The average Bonchev–Trinajstić information content (AvgIpc) is 1.77. The minimum Gasteiger partial charge on any atom is -0.296 e. The largest absolute Gasteiger partial charge is 0.412 e. The van der Waals surface area contributed by atoms with Crippen molar-refractivity contribution in [3.8, 4) is 0 Å². The first-order chi connectivity index (χ1) is 5.55. The van der Waals surface area contributed by atoms with Crippen molar-refractivity contribution in [3.63, 3.8) is 0 Å². The minimum atomic E-state index is -5.30. The summed E-state index contributed by atoms with van der Waals surface area (Å²) in [6.45, 7) is 2.43. The Hall–Kier alpha value is -0.460. The minimum absolute atomic E-state index is 0.881. The van der Waals surface area contributed by atoms with Gasteiger partial charge in [-0.1, -0.05) is 13.8 Å². The molecule has 0 aliphatic carbocycles. The van der Waals surface area contributed by atoms with E-state index in [0.29, 0.717) is 0 Å². The molecule has 0 rings (SSSR count). The van der Waals surface area contributed by atoms with Crippen LogP contribution in [0.25, 0.3) is 0 Å². The lowest BCUT2D eigenvalue weighted by Crippen LogP contribution is -2.54. The van der Waals surface area contributed by atoms with E-state index in [1.165, 1.54) is 19.2 Å². The molecule has 0 bridgehead atoms. The van der Waals surface area contributed by atoms with E-state index in [1.807, 2.05) is 0 Å². The lowest BCUT2D eigenvalue weighted by molar-refractivity contribution is -0.259. The zero-order valence-corrected chi connectivity index (χ0v) is 6.92. The SMILES string of the molecule is CC(C)NC(C(F)(F)F)C(F)(F)F. The van der Waals surface area contributed by atoms with Crippen LogP contribution < -0.4 is 5.32 Å². The monoisotopic (exact) mass is 209 g/mol. The van der Waals surface area contributed by atoms with Gasteiger partial charge in [0.05, 0.1) is 0 Å². The van der Waals surface area contributed by atoms with Gasteiger partial charge in [-0.15, -0.1) is 0 Å². The molecule has 0 saturated carbocycles. The summed E-state index contributed by atoms with van der Waals surface area (Å²) in [5, 5.41) is 1.41. The number of alkyl halides is 6. The molecule has 0 unspecified atom stereocenters. The molecule has 1 N–H and O–H groups in total. The Morgan fingerprint density at radius 2 is 1.15 bits per heavy atom. The second kappa shape index (κ2) is 3.73. The molecule has 0 saturated heterocycles. The molecule has 13 heavy (non-hydrogen) atoms. The molecule has 0 aliphatic heterocycles. The van der Waals surface area contributed by atoms with Crippen LogP contribution in [0.3, 0.4) is 0 Å². The molecule has 0 aromatic rings. The van der Waals surface area contributed by atoms with Gasteiger partial charge in [0, 0.05) is 6.04 Å². The summed E-state index contributed by atoms with van der Waals surface area (Å²) in [5.74, 6) is 0. The number of nitrogens with one attached hydrogen (secondary N) is 1. The standard InChI is InChI=1S/C6H9F6N/c1-3(2)13-4(5(7,8)9)6(10,11)12/h3-4,13H,1-2H3. The molecule has 80 valence electrons. The van der Waals surface area contributed by atoms with Gasteiger partial charge in [-0.3, -0.25) is 5.32 Å². The number of rotatable bonds is 2. The average molecular weight is 209 g/mol. The third-order valence-electron chi connectivity index (χ3n) is 1.15. The van der Waals surface area contributed by atoms with Crippen molar-refractivity contribution in [2.45, 2.75) is 38.3 Å². The number of hydrogen-bond acceptors (Lipinski definition) is 1. The van der Waals surface area contributed by atoms with Crippen molar-refractivity contribution in [1.29, 1.82) is 0 Å². The number of halogens is 6. The quantitative estimate of drug-likeness (QED) is 0.689. The van der Waals surface area contributed by atoms with Gasteiger partial charge in [0.1, 0.15) is 0 Å². The lowest BCUT2D eigenvalue weighted by atomic mass is 10.2. The molecule has 0 fully saturated rings. The van der Waals surface area contributed by atoms with E-state index >= 15 is 0 Å². The maximum absolute atomic E-state index is 11.8. The van der Waals surface area contributed by atoms with Gasteiger partial charge in [0.15, 0.2) is 0 Å². The van der Waals surface area contributed by atoms with Gasteiger partial charge >= 0.3 is 12.4 Å². The highest BCUT2D eigenvalue weighted by molar-refractivity contribution is 4.83. The highest BCUT2D eigenvalue weighted by Crippen LogP contribution is 2.33. The van der Waals surface area contributed by atoms with E-state index in [1.54, 1.807) is 0 Å². The zero-order valence-electron chi connectivity index (χ0n) is 6.92. The van der Waals surface area contributed by atoms with E-state index in [0.717, 1.165) is 0 Å². The zero-order chi connectivity index (χ0) is 10.9. The molecule has 0 aromatic heterocycles. The second-order valence-electron chi connectivity index (χ2n) is 2.84. The molecule has 0 heterocycles. The predicted octanol–water partition coefficient (Wildman–Crippen LogP) is 2.48. The van der Waals surface area contributed by atoms with Gasteiger partial charge in [0.2, 0.25) is 6.04 Å². The fourth-order valence-corrected chi connectivity index (χ4v) is 0.708. The van der Waals surface area contributed by atoms with Crippen LogP contribution in [0, 0.1) is 0 Å². The van der Waals surface area contributed by atoms with Crippen LogP contribution in [-0.2, 0) is 0 Å². The van der Waals surface area contributed by atoms with Crippen LogP contribution in [-0.4, -0.2) is 24.4 Å². The van der Waals surface area contributed by atoms with Crippen molar-refractivity contribution in [2.75, 3.05) is 0 Å². The Bertz CT molecular complexity index is 143. The lowest BCUT2D eigenvalue weighted by Gasteiger charge is -2.25. The summed E-state index contributed by atoms with van der Waals surface area (Å²) in [6.07, 6.45) is -10.6. The van der Waals surface area contributed by atoms with E-state index in [2.05, 4.69) is 0 Å². The second-order valence-corrected chi connectivity index (χ2v) is 2.84. The Morgan fingerprint density at radius 1 is 0.846 bits per heavy atom. The Labute approximate surface area is 71.1 Å². The van der Waals surface area contributed by atoms with Gasteiger partial charge < -0.3 is 0 Å². The summed E-state index contributed by atoms with van der Waals surface area (Å²) in [6, 6.07) is -4.33. The fraction of sp³-hybridized carbons (Fsp3) is 1.00. The van der Waals surface area contributed by atoms with E-state index in [9.17, 15) is 26.3 Å². The molecule has 0 radical (unpaired) electrons. The first-order valence-electron chi connectivity index (χ1n) is 3.44. The molecule has 0 aromatic carbocycles. The third-order valence-corrected chi connectivity index (χ3v) is 1.15. The van der Waals surface area contributed by atoms with Crippen LogP contribution in [0.5, 0.6) is 0 Å². The number of hydrogen-bond donors (Lipinski definition) is 1. The van der Waals surface area contributed by atoms with Crippen LogP contribution in [0.4, 0.5) is 26.3 Å². The van der Waals surface area contributed by atoms with Gasteiger partial charge in [-0.05, 0) is 0 Å². The summed E-state index contributed by atoms with van der Waals surface area (Å²) >= 11 is 0. The smallest absolute Gasteiger partial charge is 0.296 e. The van der Waals surface area contributed by atoms with Crippen molar-refractivity contribution in [3.05, 3.63) is 0 Å². The highest BCUT2D eigenvalue weighted by atomic mass is 19.4. The Morgan fingerprint density at radius 3 is 1.23 bits per heavy atom. The van der Waals surface area contributed by atoms with Crippen LogP contribution in [0.1, 0.15) is 13.8 Å². The van der Waals surface area contributed by atoms with Crippen LogP contribution in [0.15, 0.2) is 0 Å². The fourth-order valence-electron chi connectivity index (χ4n) is 0.708. The molecular formula is C6H9F6N. The Balaban J connectivity index is 4.58. The highest BCUT2D eigenvalue weighted by Gasteiger charge is 2.56. The van der Waals surface area contributed by atoms with E-state index in [-0.39, 0.29) is 0 Å². The molecule has 0 aliphatic rings. The Kier molecular flexibility index (Phi) is 3.60. The summed E-state index contributed by atoms with van der Waals surface area (Å²) in [4.78, 5) is 0. The predicted molar refractivity (Wildman–Crippen MR) is 34.2 cm³/mol. The maximum Gasteiger partial charge on any atom is 0.412 e. The van der Waals surface area contributed by atoms with Crippen molar-refractivity contribution in [2.24, 2.45) is 0 Å². The molecule has 1 nitrogen and oxygen atoms in total. The van der Waals surface area contributed by atoms with Gasteiger partial charge in [0.25, 0.3) is 0 Å². The first kappa shape index (κ1) is 12.5. The molecular weight excluding hydrogens is 200 g/mol. The van der Waals surface area contributed by atoms with Crippen molar-refractivity contribution < 1.29 is 26.3 Å². The maximum atomic E-state index is 11.8. The first-order valence-corrected chi connectivity index (χ1v) is 3.44. The van der Waals surface area contributed by atoms with Gasteiger partial charge in [-0.25, -0.2) is 0 Å². The van der Waals surface area contributed by atoms with Crippen LogP contribution in [0.2, 0.25) is 0 Å². The van der Waals surface area contributed by atoms with E-state index in [4.69, 9.17) is 0 Å². The van der Waals surface area contributed by atoms with Crippen LogP contribution >= 0.6 is 0 Å². The summed E-state index contributed by atoms with van der Waals surface area (Å²) < 4.78 is 70.8. The normalized spacial score (nSPS) is 14.3. The third kappa shape index (κ3) is 4.35. The van der Waals surface area contributed by atoms with Crippen molar-refractivity contribution >= 4 is 0 Å².